The molecule has 0 bridgehead atoms. The van der Waals surface area contributed by atoms with Crippen molar-refractivity contribution in [2.75, 3.05) is 6.54 Å². The Morgan fingerprint density at radius 3 is 2.75 bits per heavy atom. The van der Waals surface area contributed by atoms with Gasteiger partial charge in [0.2, 0.25) is 5.91 Å². The number of hydrogen-bond acceptors (Lipinski definition) is 3. The van der Waals surface area contributed by atoms with E-state index in [1.807, 2.05) is 26.0 Å². The van der Waals surface area contributed by atoms with Gasteiger partial charge in [-0.15, -0.1) is 0 Å². The highest BCUT2D eigenvalue weighted by Gasteiger charge is 2.12. The number of H-pyrrole nitrogens is 2. The molecule has 7 heteroatoms. The van der Waals surface area contributed by atoms with E-state index in [-0.39, 0.29) is 18.4 Å². The van der Waals surface area contributed by atoms with Crippen LogP contribution in [0, 0.1) is 13.8 Å². The molecule has 0 atom stereocenters. The molecule has 0 aliphatic heterocycles. The molecule has 0 aliphatic carbocycles. The number of hydrogen-bond donors (Lipinski definition) is 4. The Labute approximate surface area is 138 Å². The summed E-state index contributed by atoms with van der Waals surface area (Å²) in [5.74, 6) is 0.274. The normalized spacial score (nSPS) is 10.8. The lowest BCUT2D eigenvalue weighted by Crippen LogP contribution is -2.36. The van der Waals surface area contributed by atoms with Crippen LogP contribution in [0.15, 0.2) is 30.5 Å². The van der Waals surface area contributed by atoms with Crippen LogP contribution >= 0.6 is 0 Å². The predicted molar refractivity (Wildman–Crippen MR) is 90.5 cm³/mol. The van der Waals surface area contributed by atoms with Crippen LogP contribution in [-0.4, -0.2) is 33.3 Å². The molecule has 0 saturated heterocycles. The molecule has 4 N–H and O–H groups in total. The minimum atomic E-state index is -0.276. The van der Waals surface area contributed by atoms with Gasteiger partial charge < -0.3 is 20.6 Å². The molecule has 3 rings (SSSR count). The molecule has 0 saturated carbocycles. The van der Waals surface area contributed by atoms with Crippen molar-refractivity contribution < 1.29 is 9.59 Å². The number of rotatable bonds is 5. The standard InChI is InChI=1S/C17H19N5O2/c1-10-15(22-11(2)21-10)8-19-16(23)9-20-17(24)13-4-3-5-14-12(13)6-7-18-14/h3-7,18H,8-9H2,1-2H3,(H,19,23)(H,20,24)(H,21,22). The average molecular weight is 325 g/mol. The number of nitrogens with one attached hydrogen (secondary N) is 4. The first-order valence-electron chi connectivity index (χ1n) is 7.67. The van der Waals surface area contributed by atoms with Crippen LogP contribution in [0.2, 0.25) is 0 Å². The number of carbonyl (C=O) groups is 2. The zero-order chi connectivity index (χ0) is 17.1. The van der Waals surface area contributed by atoms with Crippen LogP contribution in [0.1, 0.15) is 27.6 Å². The summed E-state index contributed by atoms with van der Waals surface area (Å²) < 4.78 is 0. The Bertz CT molecular complexity index is 893. The van der Waals surface area contributed by atoms with Gasteiger partial charge in [0.15, 0.2) is 0 Å². The molecule has 0 fully saturated rings. The fraction of sp³-hybridized carbons (Fsp3) is 0.235. The highest BCUT2D eigenvalue weighted by Crippen LogP contribution is 2.16. The van der Waals surface area contributed by atoms with E-state index in [4.69, 9.17) is 0 Å². The monoisotopic (exact) mass is 325 g/mol. The van der Waals surface area contributed by atoms with Gasteiger partial charge in [0.1, 0.15) is 5.82 Å². The minimum Gasteiger partial charge on any atom is -0.361 e. The Hall–Kier alpha value is -3.09. The van der Waals surface area contributed by atoms with Gasteiger partial charge in [-0.3, -0.25) is 9.59 Å². The molecule has 2 heterocycles. The van der Waals surface area contributed by atoms with Gasteiger partial charge in [0, 0.05) is 28.4 Å². The van der Waals surface area contributed by atoms with E-state index in [0.717, 1.165) is 28.1 Å². The number of amides is 2. The van der Waals surface area contributed by atoms with Crippen molar-refractivity contribution in [2.45, 2.75) is 20.4 Å². The third-order valence-corrected chi connectivity index (χ3v) is 3.81. The predicted octanol–water partition coefficient (Wildman–Crippen LogP) is 1.55. The molecule has 3 aromatic rings. The Morgan fingerprint density at radius 1 is 1.17 bits per heavy atom. The van der Waals surface area contributed by atoms with Crippen LogP contribution < -0.4 is 10.6 Å². The number of aryl methyl sites for hydroxylation is 2. The van der Waals surface area contributed by atoms with E-state index >= 15 is 0 Å². The average Bonchev–Trinajstić information content (AvgIpc) is 3.16. The molecule has 0 radical (unpaired) electrons. The second-order valence-electron chi connectivity index (χ2n) is 5.60. The molecular weight excluding hydrogens is 306 g/mol. The van der Waals surface area contributed by atoms with Gasteiger partial charge in [0.25, 0.3) is 5.91 Å². The summed E-state index contributed by atoms with van der Waals surface area (Å²) in [6.45, 7) is 4.02. The molecular formula is C17H19N5O2. The van der Waals surface area contributed by atoms with Crippen molar-refractivity contribution in [3.63, 3.8) is 0 Å². The summed E-state index contributed by atoms with van der Waals surface area (Å²) in [5, 5.41) is 6.22. The van der Waals surface area contributed by atoms with E-state index in [9.17, 15) is 9.59 Å². The van der Waals surface area contributed by atoms with Crippen molar-refractivity contribution in [2.24, 2.45) is 0 Å². The van der Waals surface area contributed by atoms with Gasteiger partial charge in [-0.05, 0) is 32.0 Å². The molecule has 124 valence electrons. The largest absolute Gasteiger partial charge is 0.361 e. The number of benzene rings is 1. The van der Waals surface area contributed by atoms with E-state index in [0.29, 0.717) is 12.1 Å². The molecule has 7 nitrogen and oxygen atoms in total. The quantitative estimate of drug-likeness (QED) is 0.572. The smallest absolute Gasteiger partial charge is 0.252 e. The molecule has 0 unspecified atom stereocenters. The zero-order valence-corrected chi connectivity index (χ0v) is 13.6. The van der Waals surface area contributed by atoms with Crippen LogP contribution in [0.25, 0.3) is 10.9 Å². The number of carbonyl (C=O) groups excluding carboxylic acids is 2. The van der Waals surface area contributed by atoms with Gasteiger partial charge >= 0.3 is 0 Å². The number of imidazole rings is 1. The van der Waals surface area contributed by atoms with E-state index < -0.39 is 0 Å². The van der Waals surface area contributed by atoms with Crippen molar-refractivity contribution >= 4 is 22.7 Å². The lowest BCUT2D eigenvalue weighted by atomic mass is 10.1. The van der Waals surface area contributed by atoms with Crippen molar-refractivity contribution in [3.05, 3.63) is 53.2 Å². The molecule has 0 aliphatic rings. The van der Waals surface area contributed by atoms with Gasteiger partial charge in [-0.1, -0.05) is 6.07 Å². The summed E-state index contributed by atoms with van der Waals surface area (Å²) in [7, 11) is 0. The number of nitrogens with zero attached hydrogens (tertiary/aromatic N) is 1. The summed E-state index contributed by atoms with van der Waals surface area (Å²) in [6, 6.07) is 7.27. The number of aromatic amines is 2. The number of aromatic nitrogens is 3. The van der Waals surface area contributed by atoms with Crippen LogP contribution in [0.4, 0.5) is 0 Å². The van der Waals surface area contributed by atoms with Crippen LogP contribution in [0.5, 0.6) is 0 Å². The highest BCUT2D eigenvalue weighted by molar-refractivity contribution is 6.07. The Morgan fingerprint density at radius 2 is 2.00 bits per heavy atom. The first-order valence-corrected chi connectivity index (χ1v) is 7.67. The Balaban J connectivity index is 1.55. The Kier molecular flexibility index (Phi) is 4.33. The summed E-state index contributed by atoms with van der Waals surface area (Å²) in [5.41, 5.74) is 3.15. The van der Waals surface area contributed by atoms with E-state index in [1.54, 1.807) is 18.3 Å². The number of fused-ring (bicyclic) bond motifs is 1. The second-order valence-corrected chi connectivity index (χ2v) is 5.60. The first kappa shape index (κ1) is 15.8. The lowest BCUT2D eigenvalue weighted by Gasteiger charge is -2.07. The maximum absolute atomic E-state index is 12.3. The maximum atomic E-state index is 12.3. The van der Waals surface area contributed by atoms with Crippen molar-refractivity contribution in [1.82, 2.24) is 25.6 Å². The maximum Gasteiger partial charge on any atom is 0.252 e. The van der Waals surface area contributed by atoms with E-state index in [2.05, 4.69) is 25.6 Å². The third-order valence-electron chi connectivity index (χ3n) is 3.81. The van der Waals surface area contributed by atoms with Crippen LogP contribution in [-0.2, 0) is 11.3 Å². The third kappa shape index (κ3) is 3.29. The first-order chi connectivity index (χ1) is 11.5. The summed E-state index contributed by atoms with van der Waals surface area (Å²) in [4.78, 5) is 34.6. The molecule has 2 amide bonds. The SMILES string of the molecule is Cc1nc(CNC(=O)CNC(=O)c2cccc3[nH]ccc23)c(C)[nH]1. The van der Waals surface area contributed by atoms with Gasteiger partial charge in [0.05, 0.1) is 18.8 Å². The van der Waals surface area contributed by atoms with E-state index in [1.165, 1.54) is 0 Å². The lowest BCUT2D eigenvalue weighted by molar-refractivity contribution is -0.120. The topological polar surface area (TPSA) is 103 Å². The van der Waals surface area contributed by atoms with Crippen molar-refractivity contribution in [3.8, 4) is 0 Å². The second kappa shape index (κ2) is 6.57. The summed E-state index contributed by atoms with van der Waals surface area (Å²) in [6.07, 6.45) is 1.78. The minimum absolute atomic E-state index is 0.0813. The molecule has 0 spiro atoms. The van der Waals surface area contributed by atoms with Crippen molar-refractivity contribution in [1.29, 1.82) is 0 Å². The molecule has 1 aromatic carbocycles. The van der Waals surface area contributed by atoms with Gasteiger partial charge in [-0.25, -0.2) is 4.98 Å². The van der Waals surface area contributed by atoms with Crippen LogP contribution in [0.3, 0.4) is 0 Å². The fourth-order valence-corrected chi connectivity index (χ4v) is 2.61. The molecule has 2 aromatic heterocycles. The summed E-state index contributed by atoms with van der Waals surface area (Å²) >= 11 is 0. The molecule has 24 heavy (non-hydrogen) atoms. The van der Waals surface area contributed by atoms with Gasteiger partial charge in [-0.2, -0.15) is 0 Å². The fourth-order valence-electron chi connectivity index (χ4n) is 2.61. The highest BCUT2D eigenvalue weighted by atomic mass is 16.2. The zero-order valence-electron chi connectivity index (χ0n) is 13.6.